The van der Waals surface area contributed by atoms with E-state index in [2.05, 4.69) is 5.16 Å². The Balaban J connectivity index is 2.39. The minimum absolute atomic E-state index is 0.0264. The number of esters is 1. The van der Waals surface area contributed by atoms with E-state index in [0.29, 0.717) is 17.7 Å². The summed E-state index contributed by atoms with van der Waals surface area (Å²) >= 11 is 0. The van der Waals surface area contributed by atoms with Crippen molar-refractivity contribution in [3.05, 3.63) is 47.6 Å². The van der Waals surface area contributed by atoms with Crippen LogP contribution in [0, 0.1) is 0 Å². The molecule has 1 aromatic carbocycles. The maximum absolute atomic E-state index is 12.4. The molecule has 27 heavy (non-hydrogen) atoms. The van der Waals surface area contributed by atoms with E-state index in [-0.39, 0.29) is 42.5 Å². The van der Waals surface area contributed by atoms with Crippen LogP contribution < -0.4 is 0 Å². The summed E-state index contributed by atoms with van der Waals surface area (Å²) < 4.78 is 5.22. The summed E-state index contributed by atoms with van der Waals surface area (Å²) in [5.74, 6) is -1.41. The Labute approximate surface area is 157 Å². The smallest absolute Gasteiger partial charge is 0.342 e. The van der Waals surface area contributed by atoms with E-state index in [1.54, 1.807) is 6.08 Å². The van der Waals surface area contributed by atoms with E-state index in [4.69, 9.17) is 9.57 Å². The quantitative estimate of drug-likeness (QED) is 0.479. The number of cyclic esters (lactones) is 1. The van der Waals surface area contributed by atoms with Gasteiger partial charge in [0, 0.05) is 12.5 Å². The van der Waals surface area contributed by atoms with Gasteiger partial charge in [0.25, 0.3) is 0 Å². The Morgan fingerprint density at radius 1 is 1.19 bits per heavy atom. The third-order valence-electron chi connectivity index (χ3n) is 3.70. The number of phenols is 2. The second-order valence-electron chi connectivity index (χ2n) is 6.11. The van der Waals surface area contributed by atoms with Gasteiger partial charge in [-0.1, -0.05) is 23.4 Å². The first-order chi connectivity index (χ1) is 13.0. The summed E-state index contributed by atoms with van der Waals surface area (Å²) in [5.41, 5.74) is 0.762. The monoisotopic (exact) mass is 373 g/mol. The number of ether oxygens (including phenoxy) is 1. The largest absolute Gasteiger partial charge is 0.508 e. The van der Waals surface area contributed by atoms with Gasteiger partial charge in [-0.3, -0.25) is 4.79 Å². The zero-order valence-electron chi connectivity index (χ0n) is 15.2. The molecule has 0 aliphatic carbocycles. The zero-order valence-corrected chi connectivity index (χ0v) is 15.2. The number of rotatable bonds is 3. The van der Waals surface area contributed by atoms with Crippen LogP contribution in [0.1, 0.15) is 42.1 Å². The first-order valence-corrected chi connectivity index (χ1v) is 8.69. The Kier molecular flexibility index (Phi) is 7.61. The van der Waals surface area contributed by atoms with Crippen molar-refractivity contribution >= 4 is 17.5 Å². The van der Waals surface area contributed by atoms with Crippen molar-refractivity contribution in [2.24, 2.45) is 5.16 Å². The second kappa shape index (κ2) is 10.2. The maximum Gasteiger partial charge on any atom is 0.342 e. The minimum Gasteiger partial charge on any atom is -0.508 e. The zero-order chi connectivity index (χ0) is 19.6. The average Bonchev–Trinajstić information content (AvgIpc) is 2.58. The summed E-state index contributed by atoms with van der Waals surface area (Å²) in [4.78, 5) is 28.5. The van der Waals surface area contributed by atoms with E-state index in [1.165, 1.54) is 13.0 Å². The number of phenolic OH excluding ortho intramolecular Hbond substituents is 2. The third-order valence-corrected chi connectivity index (χ3v) is 3.70. The van der Waals surface area contributed by atoms with E-state index in [1.807, 2.05) is 18.2 Å². The number of hydrogen-bond donors (Lipinski definition) is 2. The molecule has 7 nitrogen and oxygen atoms in total. The van der Waals surface area contributed by atoms with Crippen LogP contribution in [0.25, 0.3) is 0 Å². The van der Waals surface area contributed by atoms with Gasteiger partial charge in [-0.05, 0) is 43.9 Å². The first kappa shape index (κ1) is 20.2. The topological polar surface area (TPSA) is 105 Å². The van der Waals surface area contributed by atoms with Gasteiger partial charge in [0.15, 0.2) is 12.4 Å². The molecule has 7 heteroatoms. The highest BCUT2D eigenvalue weighted by Crippen LogP contribution is 2.29. The molecule has 0 atom stereocenters. The summed E-state index contributed by atoms with van der Waals surface area (Å²) in [6, 6.07) is 2.46. The van der Waals surface area contributed by atoms with Crippen LogP contribution in [0.2, 0.25) is 0 Å². The van der Waals surface area contributed by atoms with Gasteiger partial charge >= 0.3 is 5.97 Å². The predicted octanol–water partition coefficient (Wildman–Crippen LogP) is 3.06. The fraction of sp³-hybridized carbons (Fsp3) is 0.350. The lowest BCUT2D eigenvalue weighted by Crippen LogP contribution is -2.12. The number of aromatic hydroxyl groups is 2. The molecule has 144 valence electrons. The molecule has 0 fully saturated rings. The van der Waals surface area contributed by atoms with Crippen molar-refractivity contribution in [1.29, 1.82) is 0 Å². The normalized spacial score (nSPS) is 19.4. The molecule has 1 heterocycles. The molecule has 0 aromatic heterocycles. The Morgan fingerprint density at radius 2 is 1.93 bits per heavy atom. The first-order valence-electron chi connectivity index (χ1n) is 8.69. The fourth-order valence-corrected chi connectivity index (χ4v) is 2.51. The lowest BCUT2D eigenvalue weighted by atomic mass is 10.00. The van der Waals surface area contributed by atoms with Gasteiger partial charge in [-0.2, -0.15) is 0 Å². The van der Waals surface area contributed by atoms with Crippen LogP contribution in [0.4, 0.5) is 0 Å². The summed E-state index contributed by atoms with van der Waals surface area (Å²) in [7, 11) is 0. The lowest BCUT2D eigenvalue weighted by Gasteiger charge is -2.12. The van der Waals surface area contributed by atoms with Crippen LogP contribution in [0.3, 0.4) is 0 Å². The predicted molar refractivity (Wildman–Crippen MR) is 100.0 cm³/mol. The summed E-state index contributed by atoms with van der Waals surface area (Å²) in [6.45, 7) is 1.41. The lowest BCUT2D eigenvalue weighted by molar-refractivity contribution is -0.121. The molecule has 1 aliphatic heterocycles. The van der Waals surface area contributed by atoms with E-state index < -0.39 is 5.97 Å². The molecule has 0 saturated carbocycles. The highest BCUT2D eigenvalue weighted by molar-refractivity contribution is 6.00. The van der Waals surface area contributed by atoms with Gasteiger partial charge < -0.3 is 19.8 Å². The number of fused-ring (bicyclic) bond motifs is 1. The second-order valence-corrected chi connectivity index (χ2v) is 6.11. The van der Waals surface area contributed by atoms with Crippen LogP contribution in [0.5, 0.6) is 11.5 Å². The van der Waals surface area contributed by atoms with Crippen molar-refractivity contribution in [2.75, 3.05) is 13.2 Å². The standard InChI is InChI=1S/C20H23NO6/c1-14(22)13-27-21-16-8-6-4-2-3-5-7-9-26-20(25)19-15(10-16)11-17(23)12-18(19)24/h3,5-6,8,11-12,23-24H,2,4,7,9-10,13H2,1H3/b5-3+,8-6+,21-16?. The molecule has 0 spiro atoms. The van der Waals surface area contributed by atoms with Gasteiger partial charge in [-0.25, -0.2) is 4.79 Å². The molecular formula is C20H23NO6. The number of Topliss-reactive ketones (excluding diaryl/α,β-unsaturated/α-hetero) is 1. The Bertz CT molecular complexity index is 779. The Morgan fingerprint density at radius 3 is 2.70 bits per heavy atom. The number of carbonyl (C=O) groups is 2. The Hall–Kier alpha value is -3.09. The number of carbonyl (C=O) groups excluding carboxylic acids is 2. The molecule has 2 N–H and O–H groups in total. The van der Waals surface area contributed by atoms with Crippen molar-refractivity contribution in [1.82, 2.24) is 0 Å². The van der Waals surface area contributed by atoms with Gasteiger partial charge in [0.1, 0.15) is 17.1 Å². The molecule has 1 aromatic rings. The van der Waals surface area contributed by atoms with Crippen LogP contribution >= 0.6 is 0 Å². The van der Waals surface area contributed by atoms with Gasteiger partial charge in [-0.15, -0.1) is 0 Å². The van der Waals surface area contributed by atoms with Gasteiger partial charge in [0.05, 0.1) is 12.3 Å². The van der Waals surface area contributed by atoms with Crippen LogP contribution in [0.15, 0.2) is 41.6 Å². The minimum atomic E-state index is -0.680. The number of ketones is 1. The SMILES string of the molecule is CC(=O)CON=C1/C=C/CC/C=C/CCOC(=O)c2c(O)cc(O)cc2C1. The van der Waals surface area contributed by atoms with Crippen LogP contribution in [-0.2, 0) is 20.8 Å². The summed E-state index contributed by atoms with van der Waals surface area (Å²) in [6.07, 6.45) is 9.85. The maximum atomic E-state index is 12.4. The summed E-state index contributed by atoms with van der Waals surface area (Å²) in [5, 5.41) is 23.9. The van der Waals surface area contributed by atoms with Crippen molar-refractivity contribution < 1.29 is 29.4 Å². The highest BCUT2D eigenvalue weighted by Gasteiger charge is 2.20. The molecule has 1 aliphatic rings. The molecule has 0 saturated heterocycles. The number of hydrogen-bond acceptors (Lipinski definition) is 7. The molecule has 0 radical (unpaired) electrons. The van der Waals surface area contributed by atoms with E-state index >= 15 is 0 Å². The number of allylic oxidation sites excluding steroid dienone is 3. The fourth-order valence-electron chi connectivity index (χ4n) is 2.51. The molecular weight excluding hydrogens is 350 g/mol. The average molecular weight is 373 g/mol. The van der Waals surface area contributed by atoms with E-state index in [9.17, 15) is 19.8 Å². The highest BCUT2D eigenvalue weighted by atomic mass is 16.6. The van der Waals surface area contributed by atoms with Crippen molar-refractivity contribution in [3.8, 4) is 11.5 Å². The van der Waals surface area contributed by atoms with E-state index in [0.717, 1.165) is 18.9 Å². The number of oxime groups is 1. The molecule has 2 rings (SSSR count). The van der Waals surface area contributed by atoms with Gasteiger partial charge in [0.2, 0.25) is 0 Å². The number of benzene rings is 1. The molecule has 0 amide bonds. The number of nitrogens with zero attached hydrogens (tertiary/aromatic N) is 1. The van der Waals surface area contributed by atoms with Crippen molar-refractivity contribution in [3.63, 3.8) is 0 Å². The van der Waals surface area contributed by atoms with Crippen LogP contribution in [-0.4, -0.2) is 40.9 Å². The van der Waals surface area contributed by atoms with Crippen molar-refractivity contribution in [2.45, 2.75) is 32.6 Å². The molecule has 0 unspecified atom stereocenters. The third kappa shape index (κ3) is 6.62. The molecule has 0 bridgehead atoms.